The molecule has 0 aromatic rings. The van der Waals surface area contributed by atoms with Crippen molar-refractivity contribution in [1.82, 2.24) is 10.2 Å². The fourth-order valence-electron chi connectivity index (χ4n) is 2.28. The number of rotatable bonds is 6. The van der Waals surface area contributed by atoms with E-state index in [1.807, 2.05) is 6.92 Å². The number of likely N-dealkylation sites (tertiary alicyclic amines) is 1. The van der Waals surface area contributed by atoms with E-state index in [0.717, 1.165) is 13.0 Å². The number of amides is 1. The molecule has 0 aliphatic carbocycles. The van der Waals surface area contributed by atoms with Crippen molar-refractivity contribution in [3.05, 3.63) is 0 Å². The van der Waals surface area contributed by atoms with Gasteiger partial charge in [-0.15, -0.1) is 0 Å². The van der Waals surface area contributed by atoms with Crippen LogP contribution < -0.4 is 5.32 Å². The number of aliphatic carboxylic acids is 1. The Bertz CT molecular complexity index is 305. The van der Waals surface area contributed by atoms with Gasteiger partial charge >= 0.3 is 5.97 Å². The lowest BCUT2D eigenvalue weighted by atomic mass is 9.99. The van der Waals surface area contributed by atoms with Crippen LogP contribution in [0.3, 0.4) is 0 Å². The van der Waals surface area contributed by atoms with E-state index in [2.05, 4.69) is 19.2 Å². The number of hydrogen-bond acceptors (Lipinski definition) is 3. The van der Waals surface area contributed by atoms with Gasteiger partial charge in [0.1, 0.15) is 0 Å². The molecule has 0 bridgehead atoms. The normalized spacial score (nSPS) is 23.7. The maximum Gasteiger partial charge on any atom is 0.308 e. The number of hydrogen-bond donors (Lipinski definition) is 2. The molecule has 104 valence electrons. The van der Waals surface area contributed by atoms with Crippen LogP contribution in [0.4, 0.5) is 0 Å². The van der Waals surface area contributed by atoms with Gasteiger partial charge in [0.05, 0.1) is 5.92 Å². The third kappa shape index (κ3) is 4.29. The van der Waals surface area contributed by atoms with E-state index in [-0.39, 0.29) is 11.8 Å². The third-order valence-corrected chi connectivity index (χ3v) is 3.40. The molecule has 5 nitrogen and oxygen atoms in total. The summed E-state index contributed by atoms with van der Waals surface area (Å²) in [6.07, 6.45) is 1.30. The second-order valence-corrected chi connectivity index (χ2v) is 5.43. The highest BCUT2D eigenvalue weighted by atomic mass is 16.4. The molecule has 0 aromatic heterocycles. The summed E-state index contributed by atoms with van der Waals surface area (Å²) in [7, 11) is 0. The maximum atomic E-state index is 11.9. The van der Waals surface area contributed by atoms with Gasteiger partial charge in [0, 0.05) is 25.6 Å². The first-order valence-electron chi connectivity index (χ1n) is 6.65. The fourth-order valence-corrected chi connectivity index (χ4v) is 2.28. The molecule has 1 heterocycles. The molecule has 0 radical (unpaired) electrons. The van der Waals surface area contributed by atoms with Gasteiger partial charge in [-0.3, -0.25) is 9.59 Å². The quantitative estimate of drug-likeness (QED) is 0.694. The number of nitrogens with zero attached hydrogens (tertiary/aromatic N) is 1. The van der Waals surface area contributed by atoms with Crippen molar-refractivity contribution in [2.45, 2.75) is 39.7 Å². The van der Waals surface area contributed by atoms with Crippen LogP contribution >= 0.6 is 0 Å². The minimum atomic E-state index is -0.792. The van der Waals surface area contributed by atoms with Crippen LogP contribution in [0.25, 0.3) is 0 Å². The van der Waals surface area contributed by atoms with Gasteiger partial charge in [0.25, 0.3) is 0 Å². The molecule has 1 saturated heterocycles. The molecule has 0 saturated carbocycles. The second kappa shape index (κ2) is 6.73. The molecule has 0 aromatic carbocycles. The van der Waals surface area contributed by atoms with Crippen LogP contribution in [0.2, 0.25) is 0 Å². The first kappa shape index (κ1) is 15.0. The van der Waals surface area contributed by atoms with E-state index in [1.54, 1.807) is 4.90 Å². The Kier molecular flexibility index (Phi) is 5.59. The van der Waals surface area contributed by atoms with Crippen molar-refractivity contribution in [2.24, 2.45) is 11.8 Å². The zero-order valence-corrected chi connectivity index (χ0v) is 11.5. The molecular formula is C13H24N2O3. The number of carboxylic acid groups (broad SMARTS) is 1. The molecule has 1 fully saturated rings. The third-order valence-electron chi connectivity index (χ3n) is 3.40. The van der Waals surface area contributed by atoms with E-state index in [1.165, 1.54) is 0 Å². The predicted molar refractivity (Wildman–Crippen MR) is 69.2 cm³/mol. The van der Waals surface area contributed by atoms with Crippen molar-refractivity contribution in [3.8, 4) is 0 Å². The van der Waals surface area contributed by atoms with E-state index in [4.69, 9.17) is 5.11 Å². The molecule has 2 N–H and O–H groups in total. The number of carbonyl (C=O) groups excluding carboxylic acids is 1. The SMILES string of the molecule is CC(C)NCCCC(=O)N1CC(C)C(C(=O)O)C1. The Morgan fingerprint density at radius 1 is 1.39 bits per heavy atom. The molecule has 0 spiro atoms. The largest absolute Gasteiger partial charge is 0.481 e. The summed E-state index contributed by atoms with van der Waals surface area (Å²) in [4.78, 5) is 24.6. The summed E-state index contributed by atoms with van der Waals surface area (Å²) < 4.78 is 0. The van der Waals surface area contributed by atoms with Crippen LogP contribution in [-0.4, -0.2) is 47.6 Å². The average Bonchev–Trinajstić information content (AvgIpc) is 2.66. The Hall–Kier alpha value is -1.10. The summed E-state index contributed by atoms with van der Waals surface area (Å²) in [5.41, 5.74) is 0. The molecule has 5 heteroatoms. The van der Waals surface area contributed by atoms with Crippen LogP contribution in [0.1, 0.15) is 33.6 Å². The molecular weight excluding hydrogens is 232 g/mol. The zero-order valence-electron chi connectivity index (χ0n) is 11.5. The minimum Gasteiger partial charge on any atom is -0.481 e. The highest BCUT2D eigenvalue weighted by Gasteiger charge is 2.36. The van der Waals surface area contributed by atoms with Crippen molar-refractivity contribution in [3.63, 3.8) is 0 Å². The molecule has 1 amide bonds. The lowest BCUT2D eigenvalue weighted by Crippen LogP contribution is -2.31. The summed E-state index contributed by atoms with van der Waals surface area (Å²) in [5.74, 6) is -1.06. The highest BCUT2D eigenvalue weighted by Crippen LogP contribution is 2.23. The summed E-state index contributed by atoms with van der Waals surface area (Å²) in [6.45, 7) is 7.81. The summed E-state index contributed by atoms with van der Waals surface area (Å²) in [5, 5.41) is 12.3. The smallest absolute Gasteiger partial charge is 0.308 e. The molecule has 1 aliphatic heterocycles. The van der Waals surface area contributed by atoms with Gasteiger partial charge in [-0.25, -0.2) is 0 Å². The van der Waals surface area contributed by atoms with Gasteiger partial charge in [0.15, 0.2) is 0 Å². The first-order chi connectivity index (χ1) is 8.41. The maximum absolute atomic E-state index is 11.9. The van der Waals surface area contributed by atoms with Gasteiger partial charge in [-0.2, -0.15) is 0 Å². The lowest BCUT2D eigenvalue weighted by molar-refractivity contribution is -0.142. The average molecular weight is 256 g/mol. The zero-order chi connectivity index (χ0) is 13.7. The molecule has 2 unspecified atom stereocenters. The fraction of sp³-hybridized carbons (Fsp3) is 0.846. The molecule has 1 rings (SSSR count). The van der Waals surface area contributed by atoms with Crippen LogP contribution in [0, 0.1) is 11.8 Å². The van der Waals surface area contributed by atoms with E-state index in [9.17, 15) is 9.59 Å². The summed E-state index contributed by atoms with van der Waals surface area (Å²) in [6, 6.07) is 0.434. The van der Waals surface area contributed by atoms with E-state index < -0.39 is 11.9 Å². The Labute approximate surface area is 109 Å². The Morgan fingerprint density at radius 2 is 2.06 bits per heavy atom. The van der Waals surface area contributed by atoms with Crippen LogP contribution in [0.5, 0.6) is 0 Å². The van der Waals surface area contributed by atoms with Crippen LogP contribution in [0.15, 0.2) is 0 Å². The monoisotopic (exact) mass is 256 g/mol. The summed E-state index contributed by atoms with van der Waals surface area (Å²) >= 11 is 0. The van der Waals surface area contributed by atoms with E-state index >= 15 is 0 Å². The van der Waals surface area contributed by atoms with Crippen molar-refractivity contribution < 1.29 is 14.7 Å². The van der Waals surface area contributed by atoms with Gasteiger partial charge < -0.3 is 15.3 Å². The molecule has 2 atom stereocenters. The highest BCUT2D eigenvalue weighted by molar-refractivity contribution is 5.78. The van der Waals surface area contributed by atoms with Gasteiger partial charge in [-0.05, 0) is 18.9 Å². The van der Waals surface area contributed by atoms with Gasteiger partial charge in [0.2, 0.25) is 5.91 Å². The van der Waals surface area contributed by atoms with Crippen LogP contribution in [-0.2, 0) is 9.59 Å². The van der Waals surface area contributed by atoms with Crippen molar-refractivity contribution in [2.75, 3.05) is 19.6 Å². The standard InChI is InChI=1S/C13H24N2O3/c1-9(2)14-6-4-5-12(16)15-7-10(3)11(8-15)13(17)18/h9-11,14H,4-8H2,1-3H3,(H,17,18). The Morgan fingerprint density at radius 3 is 2.56 bits per heavy atom. The number of carbonyl (C=O) groups is 2. The van der Waals surface area contributed by atoms with E-state index in [0.29, 0.717) is 25.6 Å². The molecule has 18 heavy (non-hydrogen) atoms. The second-order valence-electron chi connectivity index (χ2n) is 5.43. The van der Waals surface area contributed by atoms with Crippen molar-refractivity contribution in [1.29, 1.82) is 0 Å². The topological polar surface area (TPSA) is 69.6 Å². The van der Waals surface area contributed by atoms with Gasteiger partial charge in [-0.1, -0.05) is 20.8 Å². The lowest BCUT2D eigenvalue weighted by Gasteiger charge is -2.16. The number of carboxylic acids is 1. The molecule has 1 aliphatic rings. The number of nitrogens with one attached hydrogen (secondary N) is 1. The predicted octanol–water partition coefficient (Wildman–Crippen LogP) is 0.944. The van der Waals surface area contributed by atoms with Crippen molar-refractivity contribution >= 4 is 11.9 Å². The minimum absolute atomic E-state index is 0.0558. The Balaban J connectivity index is 2.29. The first-order valence-corrected chi connectivity index (χ1v) is 6.65.